The predicted molar refractivity (Wildman–Crippen MR) is 96.3 cm³/mol. The van der Waals surface area contributed by atoms with Gasteiger partial charge in [-0.1, -0.05) is 17.7 Å². The second kappa shape index (κ2) is 7.95. The summed E-state index contributed by atoms with van der Waals surface area (Å²) in [5, 5.41) is 0.226. The summed E-state index contributed by atoms with van der Waals surface area (Å²) in [6, 6.07) is 9.05. The molecular formula is C17H20ClNO5S. The Labute approximate surface area is 152 Å². The minimum absolute atomic E-state index is 0.0608. The van der Waals surface area contributed by atoms with Crippen molar-refractivity contribution in [3.63, 3.8) is 0 Å². The van der Waals surface area contributed by atoms with E-state index in [0.717, 1.165) is 5.56 Å². The maximum Gasteiger partial charge on any atom is 0.241 e. The van der Waals surface area contributed by atoms with Gasteiger partial charge in [0.05, 0.1) is 31.2 Å². The summed E-state index contributed by atoms with van der Waals surface area (Å²) in [7, 11) is 0.775. The van der Waals surface area contributed by atoms with Crippen LogP contribution in [0.2, 0.25) is 5.02 Å². The SMILES string of the molecule is COc1ccc(S(=O)(=O)N[C@H](C)c2ccc(OC)c(OC)c2)cc1Cl. The summed E-state index contributed by atoms with van der Waals surface area (Å²) in [4.78, 5) is 0.0608. The first-order valence-corrected chi connectivity index (χ1v) is 9.26. The van der Waals surface area contributed by atoms with Crippen molar-refractivity contribution >= 4 is 21.6 Å². The molecule has 136 valence electrons. The van der Waals surface area contributed by atoms with Gasteiger partial charge in [0.15, 0.2) is 11.5 Å². The van der Waals surface area contributed by atoms with Crippen molar-refractivity contribution < 1.29 is 22.6 Å². The Morgan fingerprint density at radius 3 is 2.08 bits per heavy atom. The van der Waals surface area contributed by atoms with E-state index in [1.807, 2.05) is 0 Å². The van der Waals surface area contributed by atoms with Crippen LogP contribution >= 0.6 is 11.6 Å². The van der Waals surface area contributed by atoms with Crippen LogP contribution < -0.4 is 18.9 Å². The number of benzene rings is 2. The Morgan fingerprint density at radius 2 is 1.52 bits per heavy atom. The van der Waals surface area contributed by atoms with Gasteiger partial charge in [0.1, 0.15) is 5.75 Å². The number of nitrogens with one attached hydrogen (secondary N) is 1. The fraction of sp³-hybridized carbons (Fsp3) is 0.294. The third-order valence-corrected chi connectivity index (χ3v) is 5.51. The second-order valence-electron chi connectivity index (χ2n) is 5.25. The number of halogens is 1. The van der Waals surface area contributed by atoms with E-state index in [1.165, 1.54) is 39.5 Å². The molecular weight excluding hydrogens is 366 g/mol. The maximum absolute atomic E-state index is 12.6. The minimum Gasteiger partial charge on any atom is -0.495 e. The van der Waals surface area contributed by atoms with Crippen molar-refractivity contribution in [3.05, 3.63) is 47.0 Å². The van der Waals surface area contributed by atoms with E-state index in [2.05, 4.69) is 4.72 Å². The molecule has 0 aliphatic heterocycles. The average molecular weight is 386 g/mol. The van der Waals surface area contributed by atoms with Crippen molar-refractivity contribution in [1.82, 2.24) is 4.72 Å². The zero-order valence-electron chi connectivity index (χ0n) is 14.4. The van der Waals surface area contributed by atoms with Crippen molar-refractivity contribution in [1.29, 1.82) is 0 Å². The molecule has 0 aliphatic carbocycles. The Morgan fingerprint density at radius 1 is 0.920 bits per heavy atom. The molecule has 0 fully saturated rings. The van der Waals surface area contributed by atoms with Crippen LogP contribution in [0.1, 0.15) is 18.5 Å². The van der Waals surface area contributed by atoms with E-state index in [-0.39, 0.29) is 9.92 Å². The summed E-state index contributed by atoms with van der Waals surface area (Å²) in [6.45, 7) is 1.74. The Bertz CT molecular complexity index is 854. The zero-order chi connectivity index (χ0) is 18.6. The molecule has 6 nitrogen and oxygen atoms in total. The molecule has 1 N–H and O–H groups in total. The van der Waals surface area contributed by atoms with Gasteiger partial charge in [-0.15, -0.1) is 0 Å². The first-order chi connectivity index (χ1) is 11.8. The Kier molecular flexibility index (Phi) is 6.16. The van der Waals surface area contributed by atoms with E-state index in [4.69, 9.17) is 25.8 Å². The molecule has 0 amide bonds. The first kappa shape index (κ1) is 19.4. The summed E-state index contributed by atoms with van der Waals surface area (Å²) in [6.07, 6.45) is 0. The normalized spacial score (nSPS) is 12.5. The van der Waals surface area contributed by atoms with Gasteiger partial charge in [0, 0.05) is 6.04 Å². The molecule has 0 unspecified atom stereocenters. The smallest absolute Gasteiger partial charge is 0.241 e. The molecule has 2 rings (SSSR count). The number of rotatable bonds is 7. The number of methoxy groups -OCH3 is 3. The van der Waals surface area contributed by atoms with Gasteiger partial charge in [-0.05, 0) is 42.8 Å². The summed E-state index contributed by atoms with van der Waals surface area (Å²) in [5.41, 5.74) is 0.737. The quantitative estimate of drug-likeness (QED) is 0.790. The third-order valence-electron chi connectivity index (χ3n) is 3.67. The van der Waals surface area contributed by atoms with Crippen LogP contribution in [-0.4, -0.2) is 29.7 Å². The molecule has 0 bridgehead atoms. The van der Waals surface area contributed by atoms with Gasteiger partial charge in [-0.25, -0.2) is 13.1 Å². The van der Waals surface area contributed by atoms with E-state index >= 15 is 0 Å². The summed E-state index contributed by atoms with van der Waals surface area (Å²) >= 11 is 6.01. The van der Waals surface area contributed by atoms with Crippen molar-refractivity contribution in [3.8, 4) is 17.2 Å². The molecule has 2 aromatic carbocycles. The van der Waals surface area contributed by atoms with Crippen LogP contribution in [0.15, 0.2) is 41.3 Å². The molecule has 8 heteroatoms. The fourth-order valence-corrected chi connectivity index (χ4v) is 3.89. The topological polar surface area (TPSA) is 73.9 Å². The van der Waals surface area contributed by atoms with Crippen LogP contribution in [0.5, 0.6) is 17.2 Å². The molecule has 0 spiro atoms. The highest BCUT2D eigenvalue weighted by molar-refractivity contribution is 7.89. The largest absolute Gasteiger partial charge is 0.495 e. The van der Waals surface area contributed by atoms with Crippen molar-refractivity contribution in [2.45, 2.75) is 17.9 Å². The van der Waals surface area contributed by atoms with Gasteiger partial charge in [0.25, 0.3) is 0 Å². The van der Waals surface area contributed by atoms with Gasteiger partial charge in [-0.2, -0.15) is 0 Å². The van der Waals surface area contributed by atoms with Crippen molar-refractivity contribution in [2.75, 3.05) is 21.3 Å². The second-order valence-corrected chi connectivity index (χ2v) is 7.37. The van der Waals surface area contributed by atoms with Crippen LogP contribution in [-0.2, 0) is 10.0 Å². The third kappa shape index (κ3) is 4.36. The molecule has 0 heterocycles. The highest BCUT2D eigenvalue weighted by atomic mass is 35.5. The van der Waals surface area contributed by atoms with E-state index in [1.54, 1.807) is 25.1 Å². The van der Waals surface area contributed by atoms with Crippen LogP contribution in [0.3, 0.4) is 0 Å². The lowest BCUT2D eigenvalue weighted by molar-refractivity contribution is 0.354. The van der Waals surface area contributed by atoms with Crippen LogP contribution in [0.4, 0.5) is 0 Å². The Hall–Kier alpha value is -1.96. The van der Waals surface area contributed by atoms with Crippen LogP contribution in [0, 0.1) is 0 Å². The van der Waals surface area contributed by atoms with E-state index < -0.39 is 16.1 Å². The van der Waals surface area contributed by atoms with Gasteiger partial charge in [0.2, 0.25) is 10.0 Å². The molecule has 0 aromatic heterocycles. The summed E-state index contributed by atoms with van der Waals surface area (Å²) in [5.74, 6) is 1.51. The standard InChI is InChI=1S/C17H20ClNO5S/c1-11(12-5-7-16(23-3)17(9-12)24-4)19-25(20,21)13-6-8-15(22-2)14(18)10-13/h5-11,19H,1-4H3/t11-/m1/s1. The van der Waals surface area contributed by atoms with Gasteiger partial charge >= 0.3 is 0 Å². The zero-order valence-corrected chi connectivity index (χ0v) is 15.9. The molecule has 2 aromatic rings. The number of ether oxygens (including phenoxy) is 3. The molecule has 0 aliphatic rings. The van der Waals surface area contributed by atoms with Gasteiger partial charge < -0.3 is 14.2 Å². The lowest BCUT2D eigenvalue weighted by Gasteiger charge is -2.17. The highest BCUT2D eigenvalue weighted by Gasteiger charge is 2.20. The lowest BCUT2D eigenvalue weighted by atomic mass is 10.1. The average Bonchev–Trinajstić information content (AvgIpc) is 2.60. The molecule has 0 saturated heterocycles. The first-order valence-electron chi connectivity index (χ1n) is 7.40. The minimum atomic E-state index is -3.75. The molecule has 25 heavy (non-hydrogen) atoms. The number of hydrogen-bond acceptors (Lipinski definition) is 5. The number of sulfonamides is 1. The molecule has 0 radical (unpaired) electrons. The predicted octanol–water partition coefficient (Wildman–Crippen LogP) is 3.41. The van der Waals surface area contributed by atoms with Crippen LogP contribution in [0.25, 0.3) is 0 Å². The lowest BCUT2D eigenvalue weighted by Crippen LogP contribution is -2.27. The van der Waals surface area contributed by atoms with Crippen molar-refractivity contribution in [2.24, 2.45) is 0 Å². The fourth-order valence-electron chi connectivity index (χ4n) is 2.31. The highest BCUT2D eigenvalue weighted by Crippen LogP contribution is 2.31. The Balaban J connectivity index is 2.26. The summed E-state index contributed by atoms with van der Waals surface area (Å²) < 4.78 is 43.2. The molecule has 1 atom stereocenters. The van der Waals surface area contributed by atoms with E-state index in [9.17, 15) is 8.42 Å². The monoisotopic (exact) mass is 385 g/mol. The maximum atomic E-state index is 12.6. The van der Waals surface area contributed by atoms with E-state index in [0.29, 0.717) is 17.2 Å². The number of hydrogen-bond donors (Lipinski definition) is 1. The van der Waals surface area contributed by atoms with Gasteiger partial charge in [-0.3, -0.25) is 0 Å². The molecule has 0 saturated carbocycles.